The number of carbonyl (C=O) groups is 2. The molecule has 0 atom stereocenters. The monoisotopic (exact) mass is 274 g/mol. The van der Waals surface area contributed by atoms with Crippen LogP contribution in [0.4, 0.5) is 17.2 Å². The second kappa shape index (κ2) is 5.43. The van der Waals surface area contributed by atoms with E-state index in [1.165, 1.54) is 6.07 Å². The zero-order valence-corrected chi connectivity index (χ0v) is 11.1. The topological polar surface area (TPSA) is 110 Å². The van der Waals surface area contributed by atoms with Gasteiger partial charge in [-0.05, 0) is 31.5 Å². The van der Waals surface area contributed by atoms with Gasteiger partial charge in [-0.2, -0.15) is 0 Å². The molecule has 1 heterocycles. The average molecular weight is 274 g/mol. The van der Waals surface area contributed by atoms with Crippen LogP contribution in [-0.2, 0) is 9.59 Å². The van der Waals surface area contributed by atoms with Crippen molar-refractivity contribution >= 4 is 29.0 Å². The summed E-state index contributed by atoms with van der Waals surface area (Å²) >= 11 is 0. The lowest BCUT2D eigenvalue weighted by Gasteiger charge is -2.08. The van der Waals surface area contributed by atoms with Gasteiger partial charge in [0.15, 0.2) is 5.82 Å². The number of rotatable bonds is 2. The predicted molar refractivity (Wildman–Crippen MR) is 74.1 cm³/mol. The Kier molecular flexibility index (Phi) is 3.69. The minimum Gasteiger partial charge on any atom is -0.397 e. The van der Waals surface area contributed by atoms with Crippen molar-refractivity contribution in [3.05, 3.63) is 35.6 Å². The molecule has 1 aromatic heterocycles. The molecule has 0 aliphatic carbocycles. The fourth-order valence-electron chi connectivity index (χ4n) is 1.56. The summed E-state index contributed by atoms with van der Waals surface area (Å²) in [7, 11) is 0. The summed E-state index contributed by atoms with van der Waals surface area (Å²) in [5.41, 5.74) is 7.41. The summed E-state index contributed by atoms with van der Waals surface area (Å²) in [5, 5.41) is 8.33. The van der Waals surface area contributed by atoms with Gasteiger partial charge in [0.25, 0.3) is 0 Å². The number of anilines is 3. The summed E-state index contributed by atoms with van der Waals surface area (Å²) < 4.78 is 4.78. The van der Waals surface area contributed by atoms with Crippen molar-refractivity contribution in [2.75, 3.05) is 16.4 Å². The maximum Gasteiger partial charge on any atom is 0.315 e. The van der Waals surface area contributed by atoms with Gasteiger partial charge in [0, 0.05) is 6.07 Å². The lowest BCUT2D eigenvalue weighted by Crippen LogP contribution is -2.29. The Morgan fingerprint density at radius 1 is 1.15 bits per heavy atom. The Bertz CT molecular complexity index is 663. The molecule has 0 saturated heterocycles. The van der Waals surface area contributed by atoms with Crippen molar-refractivity contribution in [3.8, 4) is 0 Å². The van der Waals surface area contributed by atoms with Gasteiger partial charge in [-0.3, -0.25) is 14.9 Å². The highest BCUT2D eigenvalue weighted by molar-refractivity contribution is 6.43. The molecule has 0 aliphatic heterocycles. The summed E-state index contributed by atoms with van der Waals surface area (Å²) in [6, 6.07) is 6.65. The number of nitrogens with zero attached hydrogens (tertiary/aromatic N) is 1. The van der Waals surface area contributed by atoms with E-state index in [-0.39, 0.29) is 5.82 Å². The first-order valence-electron chi connectivity index (χ1n) is 5.87. The number of aromatic nitrogens is 1. The molecule has 0 bridgehead atoms. The van der Waals surface area contributed by atoms with Crippen LogP contribution in [0.2, 0.25) is 0 Å². The largest absolute Gasteiger partial charge is 0.397 e. The molecule has 4 N–H and O–H groups in total. The van der Waals surface area contributed by atoms with E-state index in [1.54, 1.807) is 19.1 Å². The first-order chi connectivity index (χ1) is 9.45. The Morgan fingerprint density at radius 2 is 1.85 bits per heavy atom. The van der Waals surface area contributed by atoms with E-state index in [0.29, 0.717) is 17.1 Å². The quantitative estimate of drug-likeness (QED) is 0.567. The summed E-state index contributed by atoms with van der Waals surface area (Å²) in [6.07, 6.45) is 0. The van der Waals surface area contributed by atoms with Crippen molar-refractivity contribution in [1.82, 2.24) is 5.16 Å². The molecule has 7 nitrogen and oxygen atoms in total. The second-order valence-electron chi connectivity index (χ2n) is 4.32. The first kappa shape index (κ1) is 13.6. The van der Waals surface area contributed by atoms with Crippen molar-refractivity contribution in [2.45, 2.75) is 13.8 Å². The van der Waals surface area contributed by atoms with Crippen LogP contribution in [0.1, 0.15) is 11.3 Å². The summed E-state index contributed by atoms with van der Waals surface area (Å²) in [6.45, 7) is 3.53. The van der Waals surface area contributed by atoms with Gasteiger partial charge in [-0.1, -0.05) is 11.2 Å². The van der Waals surface area contributed by atoms with Gasteiger partial charge in [-0.15, -0.1) is 0 Å². The first-order valence-corrected chi connectivity index (χ1v) is 5.87. The van der Waals surface area contributed by atoms with Crippen LogP contribution in [0.15, 0.2) is 28.8 Å². The molecular formula is C13H14N4O3. The predicted octanol–water partition coefficient (Wildman–Crippen LogP) is 1.45. The molecule has 104 valence electrons. The molecule has 0 fully saturated rings. The van der Waals surface area contributed by atoms with Crippen LogP contribution < -0.4 is 16.4 Å². The Labute approximate surface area is 115 Å². The summed E-state index contributed by atoms with van der Waals surface area (Å²) in [5.74, 6) is -0.967. The smallest absolute Gasteiger partial charge is 0.315 e. The number of amides is 2. The normalized spacial score (nSPS) is 10.1. The van der Waals surface area contributed by atoms with Gasteiger partial charge in [0.2, 0.25) is 0 Å². The van der Waals surface area contributed by atoms with E-state index in [1.807, 2.05) is 13.0 Å². The standard InChI is InChI=1S/C13H14N4O3/c1-7-3-4-9(14)10(5-7)15-12(18)13(19)16-11-6-8(2)20-17-11/h3-6H,14H2,1-2H3,(H,15,18)(H,16,17,19). The number of nitrogen functional groups attached to an aromatic ring is 1. The van der Waals surface area contributed by atoms with E-state index in [9.17, 15) is 9.59 Å². The lowest BCUT2D eigenvalue weighted by molar-refractivity contribution is -0.133. The molecule has 0 radical (unpaired) electrons. The van der Waals surface area contributed by atoms with Crippen molar-refractivity contribution in [1.29, 1.82) is 0 Å². The number of carbonyl (C=O) groups excluding carboxylic acids is 2. The van der Waals surface area contributed by atoms with Gasteiger partial charge in [0.1, 0.15) is 5.76 Å². The minimum absolute atomic E-state index is 0.180. The summed E-state index contributed by atoms with van der Waals surface area (Å²) in [4.78, 5) is 23.4. The molecule has 7 heteroatoms. The highest BCUT2D eigenvalue weighted by Crippen LogP contribution is 2.19. The number of nitrogens with two attached hydrogens (primary N) is 1. The van der Waals surface area contributed by atoms with E-state index >= 15 is 0 Å². The maximum atomic E-state index is 11.8. The molecule has 0 spiro atoms. The minimum atomic E-state index is -0.848. The second-order valence-corrected chi connectivity index (χ2v) is 4.32. The Morgan fingerprint density at radius 3 is 2.50 bits per heavy atom. The van der Waals surface area contributed by atoms with E-state index < -0.39 is 11.8 Å². The maximum absolute atomic E-state index is 11.8. The van der Waals surface area contributed by atoms with Crippen LogP contribution in [0, 0.1) is 13.8 Å². The Balaban J connectivity index is 2.04. The molecule has 0 unspecified atom stereocenters. The van der Waals surface area contributed by atoms with E-state index in [0.717, 1.165) is 5.56 Å². The lowest BCUT2D eigenvalue weighted by atomic mass is 10.2. The molecule has 2 rings (SSSR count). The van der Waals surface area contributed by atoms with Crippen molar-refractivity contribution < 1.29 is 14.1 Å². The number of aryl methyl sites for hydroxylation is 2. The molecule has 2 amide bonds. The number of benzene rings is 1. The van der Waals surface area contributed by atoms with Crippen molar-refractivity contribution in [3.63, 3.8) is 0 Å². The van der Waals surface area contributed by atoms with E-state index in [2.05, 4.69) is 15.8 Å². The van der Waals surface area contributed by atoms with Crippen LogP contribution in [-0.4, -0.2) is 17.0 Å². The van der Waals surface area contributed by atoms with Crippen LogP contribution in [0.3, 0.4) is 0 Å². The number of nitrogens with one attached hydrogen (secondary N) is 2. The van der Waals surface area contributed by atoms with Crippen LogP contribution >= 0.6 is 0 Å². The fraction of sp³-hybridized carbons (Fsp3) is 0.154. The van der Waals surface area contributed by atoms with Gasteiger partial charge < -0.3 is 15.6 Å². The molecule has 2 aromatic rings. The van der Waals surface area contributed by atoms with Crippen molar-refractivity contribution in [2.24, 2.45) is 0 Å². The molecule has 0 saturated carbocycles. The Hall–Kier alpha value is -2.83. The molecular weight excluding hydrogens is 260 g/mol. The molecule has 0 aliphatic rings. The van der Waals surface area contributed by atoms with Gasteiger partial charge >= 0.3 is 11.8 Å². The number of hydrogen-bond donors (Lipinski definition) is 3. The molecule has 1 aromatic carbocycles. The van der Waals surface area contributed by atoms with Crippen LogP contribution in [0.5, 0.6) is 0 Å². The third-order valence-corrected chi connectivity index (χ3v) is 2.53. The SMILES string of the molecule is Cc1ccc(N)c(NC(=O)C(=O)Nc2cc(C)on2)c1. The highest BCUT2D eigenvalue weighted by Gasteiger charge is 2.16. The third kappa shape index (κ3) is 3.14. The van der Waals surface area contributed by atoms with Gasteiger partial charge in [0.05, 0.1) is 11.4 Å². The van der Waals surface area contributed by atoms with E-state index in [4.69, 9.17) is 10.3 Å². The fourth-order valence-corrected chi connectivity index (χ4v) is 1.56. The molecule has 20 heavy (non-hydrogen) atoms. The van der Waals surface area contributed by atoms with Gasteiger partial charge in [-0.25, -0.2) is 0 Å². The zero-order valence-electron chi connectivity index (χ0n) is 11.1. The third-order valence-electron chi connectivity index (χ3n) is 2.53. The number of hydrogen-bond acceptors (Lipinski definition) is 5. The van der Waals surface area contributed by atoms with Crippen LogP contribution in [0.25, 0.3) is 0 Å². The average Bonchev–Trinajstić information content (AvgIpc) is 2.79. The zero-order chi connectivity index (χ0) is 14.7. The highest BCUT2D eigenvalue weighted by atomic mass is 16.5.